The predicted molar refractivity (Wildman–Crippen MR) is 131 cm³/mol. The van der Waals surface area contributed by atoms with Crippen LogP contribution in [0.2, 0.25) is 0 Å². The summed E-state index contributed by atoms with van der Waals surface area (Å²) in [5.41, 5.74) is 1.20. The minimum absolute atomic E-state index is 0.199. The normalized spacial score (nSPS) is 12.6. The Morgan fingerprint density at radius 2 is 1.74 bits per heavy atom. The first kappa shape index (κ1) is 22.9. The number of alkyl halides is 3. The molecule has 5 aromatic rings. The summed E-state index contributed by atoms with van der Waals surface area (Å²) in [6.07, 6.45) is -2.94. The van der Waals surface area contributed by atoms with E-state index in [1.807, 2.05) is 30.5 Å². The fourth-order valence-corrected chi connectivity index (χ4v) is 4.90. The zero-order chi connectivity index (χ0) is 24.6. The third kappa shape index (κ3) is 4.70. The highest BCUT2D eigenvalue weighted by Crippen LogP contribution is 2.33. The average Bonchev–Trinajstić information content (AvgIpc) is 3.33. The summed E-state index contributed by atoms with van der Waals surface area (Å²) in [5.74, 6) is 0.382. The zero-order valence-electron chi connectivity index (χ0n) is 18.5. The van der Waals surface area contributed by atoms with Crippen molar-refractivity contribution in [3.8, 4) is 11.5 Å². The monoisotopic (exact) mass is 492 g/mol. The Labute approximate surface area is 203 Å². The van der Waals surface area contributed by atoms with Gasteiger partial charge in [0.2, 0.25) is 0 Å². The van der Waals surface area contributed by atoms with Crippen molar-refractivity contribution < 1.29 is 22.7 Å². The molecule has 35 heavy (non-hydrogen) atoms. The largest absolute Gasteiger partial charge is 0.455 e. The highest BCUT2D eigenvalue weighted by atomic mass is 32.1. The molecule has 0 radical (unpaired) electrons. The standard InChI is InChI=1S/C27H19F3N2O2S/c1-16(22-6-2-4-17-12-13-35-25(17)22)32-26(33)19-14-18-5-3-7-23(24(18)31-15-19)34-21-10-8-20(9-11-21)27(28,29)30/h2-16H,1H3,(H,32,33). The number of rotatable bonds is 5. The summed E-state index contributed by atoms with van der Waals surface area (Å²) in [6, 6.07) is 19.3. The maximum Gasteiger partial charge on any atom is 0.416 e. The lowest BCUT2D eigenvalue weighted by atomic mass is 10.1. The number of para-hydroxylation sites is 1. The Kier molecular flexibility index (Phi) is 5.90. The Balaban J connectivity index is 1.36. The van der Waals surface area contributed by atoms with E-state index in [0.29, 0.717) is 22.2 Å². The van der Waals surface area contributed by atoms with Gasteiger partial charge in [-0.1, -0.05) is 30.3 Å². The number of benzene rings is 3. The van der Waals surface area contributed by atoms with E-state index in [1.54, 1.807) is 35.6 Å². The molecule has 2 heterocycles. The van der Waals surface area contributed by atoms with Crippen LogP contribution in [0.3, 0.4) is 0 Å². The summed E-state index contributed by atoms with van der Waals surface area (Å²) in [6.45, 7) is 1.94. The van der Waals surface area contributed by atoms with Gasteiger partial charge in [-0.15, -0.1) is 11.3 Å². The minimum Gasteiger partial charge on any atom is -0.455 e. The number of amides is 1. The van der Waals surface area contributed by atoms with Gasteiger partial charge in [0, 0.05) is 16.3 Å². The molecule has 0 saturated heterocycles. The molecular formula is C27H19F3N2O2S. The fourth-order valence-electron chi connectivity index (χ4n) is 3.89. The number of hydrogen-bond acceptors (Lipinski definition) is 4. The van der Waals surface area contributed by atoms with E-state index < -0.39 is 11.7 Å². The van der Waals surface area contributed by atoms with Crippen LogP contribution < -0.4 is 10.1 Å². The Bertz CT molecular complexity index is 1530. The molecule has 4 nitrogen and oxygen atoms in total. The van der Waals surface area contributed by atoms with Crippen LogP contribution in [0.15, 0.2) is 84.4 Å². The molecule has 0 aliphatic heterocycles. The van der Waals surface area contributed by atoms with Crippen molar-refractivity contribution in [3.05, 3.63) is 101 Å². The molecule has 2 aromatic heterocycles. The number of carbonyl (C=O) groups is 1. The van der Waals surface area contributed by atoms with Gasteiger partial charge in [0.05, 0.1) is 17.2 Å². The van der Waals surface area contributed by atoms with Gasteiger partial charge in [-0.05, 0) is 65.7 Å². The summed E-state index contributed by atoms with van der Waals surface area (Å²) in [4.78, 5) is 17.4. The van der Waals surface area contributed by atoms with Crippen LogP contribution in [-0.4, -0.2) is 10.9 Å². The Hall–Kier alpha value is -3.91. The summed E-state index contributed by atoms with van der Waals surface area (Å²) in [5, 5.41) is 6.88. The SMILES string of the molecule is CC(NC(=O)c1cnc2c(Oc3ccc(C(F)(F)F)cc3)cccc2c1)c1cccc2ccsc12. The molecule has 5 rings (SSSR count). The van der Waals surface area contributed by atoms with E-state index in [-0.39, 0.29) is 17.7 Å². The lowest BCUT2D eigenvalue weighted by Gasteiger charge is -2.16. The van der Waals surface area contributed by atoms with Crippen molar-refractivity contribution >= 4 is 38.2 Å². The third-order valence-electron chi connectivity index (χ3n) is 5.67. The first-order chi connectivity index (χ1) is 16.8. The zero-order valence-corrected chi connectivity index (χ0v) is 19.3. The Morgan fingerprint density at radius 3 is 2.51 bits per heavy atom. The Morgan fingerprint density at radius 1 is 1.00 bits per heavy atom. The molecule has 176 valence electrons. The van der Waals surface area contributed by atoms with E-state index in [1.165, 1.54) is 18.3 Å². The number of nitrogens with zero attached hydrogens (tertiary/aromatic N) is 1. The summed E-state index contributed by atoms with van der Waals surface area (Å²) < 4.78 is 45.3. The number of halogens is 3. The number of hydrogen-bond donors (Lipinski definition) is 1. The lowest BCUT2D eigenvalue weighted by molar-refractivity contribution is -0.137. The molecule has 0 fully saturated rings. The van der Waals surface area contributed by atoms with Crippen LogP contribution in [0.25, 0.3) is 21.0 Å². The van der Waals surface area contributed by atoms with Crippen molar-refractivity contribution in [3.63, 3.8) is 0 Å². The quantitative estimate of drug-likeness (QED) is 0.273. The number of pyridine rings is 1. The predicted octanol–water partition coefficient (Wildman–Crippen LogP) is 7.75. The fraction of sp³-hybridized carbons (Fsp3) is 0.111. The van der Waals surface area contributed by atoms with Crippen LogP contribution in [0, 0.1) is 0 Å². The van der Waals surface area contributed by atoms with E-state index >= 15 is 0 Å². The van der Waals surface area contributed by atoms with Crippen LogP contribution in [0.4, 0.5) is 13.2 Å². The maximum atomic E-state index is 13.0. The smallest absolute Gasteiger partial charge is 0.416 e. The molecule has 1 amide bonds. The van der Waals surface area contributed by atoms with Gasteiger partial charge in [0.1, 0.15) is 11.3 Å². The molecule has 3 aromatic carbocycles. The molecular weight excluding hydrogens is 473 g/mol. The van der Waals surface area contributed by atoms with Gasteiger partial charge in [-0.25, -0.2) is 0 Å². The second-order valence-corrected chi connectivity index (χ2v) is 8.97. The first-order valence-electron chi connectivity index (χ1n) is 10.8. The van der Waals surface area contributed by atoms with Crippen LogP contribution >= 0.6 is 11.3 Å². The van der Waals surface area contributed by atoms with Crippen molar-refractivity contribution in [2.75, 3.05) is 0 Å². The number of aromatic nitrogens is 1. The summed E-state index contributed by atoms with van der Waals surface area (Å²) in [7, 11) is 0. The summed E-state index contributed by atoms with van der Waals surface area (Å²) >= 11 is 1.64. The second-order valence-electron chi connectivity index (χ2n) is 8.06. The third-order valence-corrected chi connectivity index (χ3v) is 6.65. The number of ether oxygens (including phenoxy) is 1. The van der Waals surface area contributed by atoms with E-state index in [2.05, 4.69) is 16.4 Å². The first-order valence-corrected chi connectivity index (χ1v) is 11.7. The van der Waals surface area contributed by atoms with E-state index in [0.717, 1.165) is 27.8 Å². The van der Waals surface area contributed by atoms with Gasteiger partial charge in [0.25, 0.3) is 5.91 Å². The number of carbonyl (C=O) groups excluding carboxylic acids is 1. The number of thiophene rings is 1. The second kappa shape index (κ2) is 9.03. The molecule has 0 bridgehead atoms. The molecule has 1 N–H and O–H groups in total. The molecule has 8 heteroatoms. The van der Waals surface area contributed by atoms with Crippen LogP contribution in [0.5, 0.6) is 11.5 Å². The highest BCUT2D eigenvalue weighted by Gasteiger charge is 2.30. The molecule has 0 aliphatic rings. The number of nitrogens with one attached hydrogen (secondary N) is 1. The van der Waals surface area contributed by atoms with Crippen molar-refractivity contribution in [1.29, 1.82) is 0 Å². The maximum absolute atomic E-state index is 13.0. The molecule has 0 saturated carbocycles. The van der Waals surface area contributed by atoms with Crippen molar-refractivity contribution in [2.45, 2.75) is 19.1 Å². The van der Waals surface area contributed by atoms with Gasteiger partial charge >= 0.3 is 6.18 Å². The molecule has 0 spiro atoms. The van der Waals surface area contributed by atoms with Crippen molar-refractivity contribution in [1.82, 2.24) is 10.3 Å². The molecule has 1 unspecified atom stereocenters. The van der Waals surface area contributed by atoms with E-state index in [4.69, 9.17) is 4.74 Å². The van der Waals surface area contributed by atoms with Crippen molar-refractivity contribution in [2.24, 2.45) is 0 Å². The highest BCUT2D eigenvalue weighted by molar-refractivity contribution is 7.17. The van der Waals surface area contributed by atoms with Gasteiger partial charge in [0.15, 0.2) is 5.75 Å². The van der Waals surface area contributed by atoms with E-state index in [9.17, 15) is 18.0 Å². The lowest BCUT2D eigenvalue weighted by Crippen LogP contribution is -2.26. The van der Waals surface area contributed by atoms with Gasteiger partial charge in [-0.2, -0.15) is 13.2 Å². The number of fused-ring (bicyclic) bond motifs is 2. The minimum atomic E-state index is -4.41. The molecule has 1 atom stereocenters. The van der Waals surface area contributed by atoms with Crippen LogP contribution in [0.1, 0.15) is 34.5 Å². The topological polar surface area (TPSA) is 51.2 Å². The van der Waals surface area contributed by atoms with Gasteiger partial charge < -0.3 is 10.1 Å². The van der Waals surface area contributed by atoms with Gasteiger partial charge in [-0.3, -0.25) is 9.78 Å². The molecule has 0 aliphatic carbocycles. The van der Waals surface area contributed by atoms with Crippen LogP contribution in [-0.2, 0) is 6.18 Å². The average molecular weight is 493 g/mol.